The van der Waals surface area contributed by atoms with Gasteiger partial charge in [0.15, 0.2) is 0 Å². The van der Waals surface area contributed by atoms with Gasteiger partial charge < -0.3 is 0 Å². The van der Waals surface area contributed by atoms with Crippen molar-refractivity contribution in [2.75, 3.05) is 5.75 Å². The molecule has 4 aromatic rings. The van der Waals surface area contributed by atoms with E-state index < -0.39 is 0 Å². The van der Waals surface area contributed by atoms with Gasteiger partial charge in [-0.15, -0.1) is 11.8 Å². The Balaban J connectivity index is 1.35. The Hall–Kier alpha value is -3.72. The first kappa shape index (κ1) is 22.5. The van der Waals surface area contributed by atoms with Crippen LogP contribution in [0.4, 0.5) is 0 Å². The molecule has 4 rings (SSSR count). The second-order valence-electron chi connectivity index (χ2n) is 7.87. The number of aromatic nitrogens is 1. The summed E-state index contributed by atoms with van der Waals surface area (Å²) in [5.41, 5.74) is 7.80. The Labute approximate surface area is 201 Å². The van der Waals surface area contributed by atoms with Crippen LogP contribution in [0.2, 0.25) is 0 Å². The van der Waals surface area contributed by atoms with Crippen LogP contribution in [0.5, 0.6) is 0 Å². The lowest BCUT2D eigenvalue weighted by atomic mass is 10.0. The molecule has 1 heterocycles. The molecule has 0 atom stereocenters. The van der Waals surface area contributed by atoms with Crippen molar-refractivity contribution >= 4 is 11.8 Å². The number of rotatable bonds is 4. The fourth-order valence-electron chi connectivity index (χ4n) is 3.27. The third kappa shape index (κ3) is 6.88. The van der Waals surface area contributed by atoms with E-state index in [1.807, 2.05) is 30.2 Å². The SMILES string of the molecule is Cc1ccc(C#Cc2ccc(C#Cc3ccc(SCCc4ccncc4)cc3)cc2C)cc1. The second kappa shape index (κ2) is 11.2. The molecule has 2 heteroatoms. The van der Waals surface area contributed by atoms with Gasteiger partial charge >= 0.3 is 0 Å². The maximum Gasteiger partial charge on any atom is 0.0279 e. The van der Waals surface area contributed by atoms with Gasteiger partial charge in [-0.25, -0.2) is 0 Å². The van der Waals surface area contributed by atoms with Crippen molar-refractivity contribution in [1.29, 1.82) is 0 Å². The first-order valence-corrected chi connectivity index (χ1v) is 12.0. The normalized spacial score (nSPS) is 10.0. The Morgan fingerprint density at radius 1 is 0.667 bits per heavy atom. The Kier molecular flexibility index (Phi) is 7.65. The highest BCUT2D eigenvalue weighted by Crippen LogP contribution is 2.19. The molecule has 0 aliphatic heterocycles. The summed E-state index contributed by atoms with van der Waals surface area (Å²) in [6, 6.07) is 27.1. The summed E-state index contributed by atoms with van der Waals surface area (Å²) in [7, 11) is 0. The molecule has 160 valence electrons. The minimum absolute atomic E-state index is 1.00. The van der Waals surface area contributed by atoms with Crippen LogP contribution in [-0.2, 0) is 6.42 Å². The lowest BCUT2D eigenvalue weighted by molar-refractivity contribution is 1.13. The summed E-state index contributed by atoms with van der Waals surface area (Å²) in [6.45, 7) is 4.17. The molecule has 0 amide bonds. The standard InChI is InChI=1S/C31H25NS/c1-24-3-5-26(6-4-24)9-13-30-14-10-29(23-25(30)2)8-7-27-11-15-31(16-12-27)33-22-19-28-17-20-32-21-18-28/h3-6,10-12,14-18,20-21,23H,19,22H2,1-2H3. The predicted molar refractivity (Wildman–Crippen MR) is 139 cm³/mol. The fourth-order valence-corrected chi connectivity index (χ4v) is 4.18. The third-order valence-corrected chi connectivity index (χ3v) is 6.25. The van der Waals surface area contributed by atoms with E-state index in [9.17, 15) is 0 Å². The van der Waals surface area contributed by atoms with Gasteiger partial charge in [0, 0.05) is 45.3 Å². The minimum atomic E-state index is 1.00. The van der Waals surface area contributed by atoms with Crippen LogP contribution in [-0.4, -0.2) is 10.7 Å². The van der Waals surface area contributed by atoms with Crippen LogP contribution in [0, 0.1) is 37.5 Å². The van der Waals surface area contributed by atoms with Crippen molar-refractivity contribution < 1.29 is 0 Å². The molecule has 0 N–H and O–H groups in total. The molecule has 0 spiro atoms. The molecule has 0 radical (unpaired) electrons. The van der Waals surface area contributed by atoms with Crippen molar-refractivity contribution in [2.24, 2.45) is 0 Å². The monoisotopic (exact) mass is 443 g/mol. The van der Waals surface area contributed by atoms with Gasteiger partial charge in [0.2, 0.25) is 0 Å². The van der Waals surface area contributed by atoms with E-state index in [2.05, 4.69) is 115 Å². The molecule has 0 saturated carbocycles. The van der Waals surface area contributed by atoms with Crippen LogP contribution in [0.25, 0.3) is 0 Å². The number of hydrogen-bond donors (Lipinski definition) is 0. The van der Waals surface area contributed by atoms with Gasteiger partial charge in [-0.05, 0) is 98.1 Å². The van der Waals surface area contributed by atoms with E-state index in [0.717, 1.165) is 40.0 Å². The maximum atomic E-state index is 4.07. The summed E-state index contributed by atoms with van der Waals surface area (Å²) in [5.74, 6) is 14.1. The number of pyridine rings is 1. The number of hydrogen-bond acceptors (Lipinski definition) is 2. The van der Waals surface area contributed by atoms with E-state index in [-0.39, 0.29) is 0 Å². The molecule has 0 aliphatic carbocycles. The third-order valence-electron chi connectivity index (χ3n) is 5.23. The summed E-state index contributed by atoms with van der Waals surface area (Å²) in [5, 5.41) is 0. The zero-order valence-electron chi connectivity index (χ0n) is 18.9. The zero-order chi connectivity index (χ0) is 22.9. The number of aryl methyl sites for hydroxylation is 3. The highest BCUT2D eigenvalue weighted by Gasteiger charge is 1.98. The van der Waals surface area contributed by atoms with Gasteiger partial charge in [0.25, 0.3) is 0 Å². The van der Waals surface area contributed by atoms with Gasteiger partial charge in [-0.3, -0.25) is 4.98 Å². The van der Waals surface area contributed by atoms with E-state index in [1.165, 1.54) is 16.0 Å². The quantitative estimate of drug-likeness (QED) is 0.253. The van der Waals surface area contributed by atoms with Crippen molar-refractivity contribution in [3.63, 3.8) is 0 Å². The minimum Gasteiger partial charge on any atom is -0.265 e. The lowest BCUT2D eigenvalue weighted by Gasteiger charge is -2.02. The molecule has 33 heavy (non-hydrogen) atoms. The molecule has 0 fully saturated rings. The zero-order valence-corrected chi connectivity index (χ0v) is 19.7. The Morgan fingerprint density at radius 3 is 1.97 bits per heavy atom. The van der Waals surface area contributed by atoms with Gasteiger partial charge in [0.1, 0.15) is 0 Å². The van der Waals surface area contributed by atoms with E-state index in [4.69, 9.17) is 0 Å². The van der Waals surface area contributed by atoms with Gasteiger partial charge in [-0.2, -0.15) is 0 Å². The first-order chi connectivity index (χ1) is 16.2. The molecular formula is C31H25NS. The van der Waals surface area contributed by atoms with Crippen LogP contribution in [0.15, 0.2) is 96.2 Å². The number of thioether (sulfide) groups is 1. The highest BCUT2D eigenvalue weighted by molar-refractivity contribution is 7.99. The Morgan fingerprint density at radius 2 is 1.27 bits per heavy atom. The highest BCUT2D eigenvalue weighted by atomic mass is 32.2. The van der Waals surface area contributed by atoms with Crippen LogP contribution in [0.3, 0.4) is 0 Å². The van der Waals surface area contributed by atoms with Crippen molar-refractivity contribution in [2.45, 2.75) is 25.2 Å². The molecule has 1 nitrogen and oxygen atoms in total. The lowest BCUT2D eigenvalue weighted by Crippen LogP contribution is -1.88. The van der Waals surface area contributed by atoms with E-state index in [1.54, 1.807) is 0 Å². The van der Waals surface area contributed by atoms with Crippen molar-refractivity contribution in [3.05, 3.63) is 130 Å². The average Bonchev–Trinajstić information content (AvgIpc) is 2.85. The van der Waals surface area contributed by atoms with Crippen LogP contribution < -0.4 is 0 Å². The summed E-state index contributed by atoms with van der Waals surface area (Å²) in [4.78, 5) is 5.33. The van der Waals surface area contributed by atoms with Crippen molar-refractivity contribution in [1.82, 2.24) is 4.98 Å². The van der Waals surface area contributed by atoms with E-state index >= 15 is 0 Å². The Bertz CT molecular complexity index is 1330. The fraction of sp³-hybridized carbons (Fsp3) is 0.129. The molecular weight excluding hydrogens is 418 g/mol. The van der Waals surface area contributed by atoms with Gasteiger partial charge in [0.05, 0.1) is 0 Å². The topological polar surface area (TPSA) is 12.9 Å². The van der Waals surface area contributed by atoms with Gasteiger partial charge in [-0.1, -0.05) is 41.4 Å². The maximum absolute atomic E-state index is 4.07. The van der Waals surface area contributed by atoms with Crippen molar-refractivity contribution in [3.8, 4) is 23.7 Å². The second-order valence-corrected chi connectivity index (χ2v) is 9.04. The predicted octanol–water partition coefficient (Wildman–Crippen LogP) is 6.83. The molecule has 0 saturated heterocycles. The summed E-state index contributed by atoms with van der Waals surface area (Å²) >= 11 is 1.86. The van der Waals surface area contributed by atoms with E-state index in [0.29, 0.717) is 0 Å². The van der Waals surface area contributed by atoms with Crippen LogP contribution >= 0.6 is 11.8 Å². The smallest absolute Gasteiger partial charge is 0.0279 e. The molecule has 3 aromatic carbocycles. The number of benzene rings is 3. The molecule has 0 unspecified atom stereocenters. The summed E-state index contributed by atoms with van der Waals surface area (Å²) in [6.07, 6.45) is 4.74. The molecule has 0 aliphatic rings. The molecule has 0 bridgehead atoms. The summed E-state index contributed by atoms with van der Waals surface area (Å²) < 4.78 is 0. The van der Waals surface area contributed by atoms with Crippen LogP contribution in [0.1, 0.15) is 38.9 Å². The number of nitrogens with zero attached hydrogens (tertiary/aromatic N) is 1. The first-order valence-electron chi connectivity index (χ1n) is 11.0. The average molecular weight is 444 g/mol. The largest absolute Gasteiger partial charge is 0.265 e. The molecule has 1 aromatic heterocycles.